The van der Waals surface area contributed by atoms with Gasteiger partial charge in [0.1, 0.15) is 23.3 Å². The maximum atomic E-state index is 12.8. The third-order valence-electron chi connectivity index (χ3n) is 3.97. The van der Waals surface area contributed by atoms with Crippen molar-refractivity contribution in [2.45, 2.75) is 11.5 Å². The van der Waals surface area contributed by atoms with Crippen molar-refractivity contribution >= 4 is 31.8 Å². The number of hydrogen-bond acceptors (Lipinski definition) is 4. The van der Waals surface area contributed by atoms with E-state index in [1.807, 2.05) is 30.3 Å². The summed E-state index contributed by atoms with van der Waals surface area (Å²) in [5.74, 6) is 0.501. The Labute approximate surface area is 172 Å². The van der Waals surface area contributed by atoms with E-state index in [1.54, 1.807) is 42.5 Å². The van der Waals surface area contributed by atoms with Crippen molar-refractivity contribution in [3.05, 3.63) is 99.4 Å². The molecule has 3 rings (SSSR count). The van der Waals surface area contributed by atoms with Crippen LogP contribution in [0.5, 0.6) is 5.75 Å². The molecular formula is C22H16BrNO3S. The fourth-order valence-corrected chi connectivity index (χ4v) is 3.95. The molecule has 0 heterocycles. The van der Waals surface area contributed by atoms with Crippen LogP contribution in [0.4, 0.5) is 0 Å². The number of halogens is 1. The van der Waals surface area contributed by atoms with Gasteiger partial charge in [0.25, 0.3) is 0 Å². The molecule has 0 atom stereocenters. The summed E-state index contributed by atoms with van der Waals surface area (Å²) in [6, 6.07) is 24.4. The second kappa shape index (κ2) is 8.87. The summed E-state index contributed by atoms with van der Waals surface area (Å²) >= 11 is 3.39. The van der Waals surface area contributed by atoms with Crippen LogP contribution in [0.3, 0.4) is 0 Å². The lowest BCUT2D eigenvalue weighted by molar-refractivity contribution is 0.305. The van der Waals surface area contributed by atoms with Gasteiger partial charge in [-0.05, 0) is 42.0 Å². The highest BCUT2D eigenvalue weighted by Gasteiger charge is 2.21. The van der Waals surface area contributed by atoms with Gasteiger partial charge in [-0.2, -0.15) is 5.26 Å². The van der Waals surface area contributed by atoms with Gasteiger partial charge in [-0.15, -0.1) is 0 Å². The summed E-state index contributed by atoms with van der Waals surface area (Å²) < 4.78 is 32.3. The predicted molar refractivity (Wildman–Crippen MR) is 112 cm³/mol. The second-order valence-electron chi connectivity index (χ2n) is 5.89. The van der Waals surface area contributed by atoms with Crippen molar-refractivity contribution in [3.63, 3.8) is 0 Å². The first-order chi connectivity index (χ1) is 13.5. The predicted octanol–water partition coefficient (Wildman–Crippen LogP) is 5.37. The molecule has 0 radical (unpaired) electrons. The van der Waals surface area contributed by atoms with E-state index in [4.69, 9.17) is 4.74 Å². The Morgan fingerprint density at radius 1 is 0.964 bits per heavy atom. The second-order valence-corrected chi connectivity index (χ2v) is 8.72. The third kappa shape index (κ3) is 4.69. The summed E-state index contributed by atoms with van der Waals surface area (Å²) in [7, 11) is -3.90. The Hall–Kier alpha value is -2.88. The molecule has 0 aliphatic carbocycles. The van der Waals surface area contributed by atoms with Crippen LogP contribution < -0.4 is 4.74 Å². The Kier molecular flexibility index (Phi) is 6.30. The zero-order valence-corrected chi connectivity index (χ0v) is 17.2. The maximum Gasteiger partial charge on any atom is 0.216 e. The highest BCUT2D eigenvalue weighted by molar-refractivity contribution is 9.10. The molecule has 0 N–H and O–H groups in total. The number of nitrogens with zero attached hydrogens (tertiary/aromatic N) is 1. The summed E-state index contributed by atoms with van der Waals surface area (Å²) in [4.78, 5) is -0.255. The molecule has 28 heavy (non-hydrogen) atoms. The largest absolute Gasteiger partial charge is 0.488 e. The monoisotopic (exact) mass is 453 g/mol. The van der Waals surface area contributed by atoms with E-state index in [9.17, 15) is 13.7 Å². The molecule has 0 saturated heterocycles. The summed E-state index contributed by atoms with van der Waals surface area (Å²) in [6.07, 6.45) is 1.35. The first-order valence-electron chi connectivity index (χ1n) is 8.39. The van der Waals surface area contributed by atoms with Crippen LogP contribution in [0.2, 0.25) is 0 Å². The summed E-state index contributed by atoms with van der Waals surface area (Å²) in [5.41, 5.74) is 1.50. The summed E-state index contributed by atoms with van der Waals surface area (Å²) in [6.45, 7) is 0.325. The van der Waals surface area contributed by atoms with Gasteiger partial charge in [0.2, 0.25) is 9.84 Å². The van der Waals surface area contributed by atoms with E-state index in [2.05, 4.69) is 15.9 Å². The van der Waals surface area contributed by atoms with Crippen LogP contribution in [0.15, 0.2) is 93.1 Å². The van der Waals surface area contributed by atoms with E-state index >= 15 is 0 Å². The molecule has 140 valence electrons. The molecule has 3 aromatic rings. The zero-order chi connectivity index (χ0) is 20.0. The van der Waals surface area contributed by atoms with Crippen LogP contribution in [0, 0.1) is 11.3 Å². The quantitative estimate of drug-likeness (QED) is 0.470. The Morgan fingerprint density at radius 3 is 2.29 bits per heavy atom. The van der Waals surface area contributed by atoms with Crippen molar-refractivity contribution in [1.29, 1.82) is 5.26 Å². The lowest BCUT2D eigenvalue weighted by Crippen LogP contribution is -2.04. The molecule has 0 bridgehead atoms. The fourth-order valence-electron chi connectivity index (χ4n) is 2.51. The van der Waals surface area contributed by atoms with Crippen LogP contribution in [0.25, 0.3) is 6.08 Å². The van der Waals surface area contributed by atoms with Crippen molar-refractivity contribution in [1.82, 2.24) is 0 Å². The van der Waals surface area contributed by atoms with Crippen molar-refractivity contribution in [2.24, 2.45) is 0 Å². The van der Waals surface area contributed by atoms with Gasteiger partial charge < -0.3 is 4.74 Å². The molecular weight excluding hydrogens is 438 g/mol. The van der Waals surface area contributed by atoms with E-state index < -0.39 is 9.84 Å². The zero-order valence-electron chi connectivity index (χ0n) is 14.7. The third-order valence-corrected chi connectivity index (χ3v) is 6.18. The number of rotatable bonds is 6. The minimum Gasteiger partial charge on any atom is -0.488 e. The van der Waals surface area contributed by atoms with Crippen LogP contribution in [-0.4, -0.2) is 8.42 Å². The van der Waals surface area contributed by atoms with Gasteiger partial charge in [0, 0.05) is 10.0 Å². The molecule has 0 aliphatic heterocycles. The first-order valence-corrected chi connectivity index (χ1v) is 10.7. The average Bonchev–Trinajstić information content (AvgIpc) is 2.72. The molecule has 4 nitrogen and oxygen atoms in total. The van der Waals surface area contributed by atoms with E-state index in [0.29, 0.717) is 17.9 Å². The standard InChI is InChI=1S/C22H16BrNO3S/c23-19-12-10-17(11-13-19)16-27-22-9-5-4-6-18(22)14-21(15-24)28(25,26)20-7-2-1-3-8-20/h1-14H,16H2. The molecule has 0 amide bonds. The molecule has 3 aromatic carbocycles. The number of nitriles is 1. The van der Waals surface area contributed by atoms with Crippen LogP contribution in [-0.2, 0) is 16.4 Å². The first kappa shape index (κ1) is 19.9. The normalized spacial score (nSPS) is 11.6. The van der Waals surface area contributed by atoms with Gasteiger partial charge in [0.05, 0.1) is 4.90 Å². The Bertz CT molecular complexity index is 1130. The van der Waals surface area contributed by atoms with Crippen molar-refractivity contribution in [2.75, 3.05) is 0 Å². The Balaban J connectivity index is 1.90. The fraction of sp³-hybridized carbons (Fsp3) is 0.0455. The Morgan fingerprint density at radius 2 is 1.61 bits per heavy atom. The average molecular weight is 454 g/mol. The lowest BCUT2D eigenvalue weighted by Gasteiger charge is -2.10. The van der Waals surface area contributed by atoms with Gasteiger partial charge in [-0.1, -0.05) is 64.5 Å². The van der Waals surface area contributed by atoms with E-state index in [1.165, 1.54) is 18.2 Å². The van der Waals surface area contributed by atoms with Crippen LogP contribution in [0.1, 0.15) is 11.1 Å². The molecule has 0 spiro atoms. The molecule has 0 unspecified atom stereocenters. The van der Waals surface area contributed by atoms with Crippen molar-refractivity contribution < 1.29 is 13.2 Å². The number of para-hydroxylation sites is 1. The number of benzene rings is 3. The highest BCUT2D eigenvalue weighted by Crippen LogP contribution is 2.26. The number of ether oxygens (including phenoxy) is 1. The SMILES string of the molecule is N#CC(=Cc1ccccc1OCc1ccc(Br)cc1)S(=O)(=O)c1ccccc1. The summed E-state index contributed by atoms with van der Waals surface area (Å²) in [5, 5.41) is 9.47. The minimum absolute atomic E-state index is 0.0797. The van der Waals surface area contributed by atoms with E-state index in [0.717, 1.165) is 10.0 Å². The topological polar surface area (TPSA) is 67.2 Å². The minimum atomic E-state index is -3.90. The molecule has 0 aliphatic rings. The van der Waals surface area contributed by atoms with Gasteiger partial charge >= 0.3 is 0 Å². The van der Waals surface area contributed by atoms with E-state index in [-0.39, 0.29) is 9.80 Å². The maximum absolute atomic E-state index is 12.8. The molecule has 6 heteroatoms. The van der Waals surface area contributed by atoms with Gasteiger partial charge in [-0.3, -0.25) is 0 Å². The molecule has 0 fully saturated rings. The number of allylic oxidation sites excluding steroid dienone is 1. The lowest BCUT2D eigenvalue weighted by atomic mass is 10.2. The van der Waals surface area contributed by atoms with Crippen LogP contribution >= 0.6 is 15.9 Å². The number of sulfone groups is 1. The molecule has 0 aromatic heterocycles. The number of hydrogen-bond donors (Lipinski definition) is 0. The molecule has 0 saturated carbocycles. The highest BCUT2D eigenvalue weighted by atomic mass is 79.9. The van der Waals surface area contributed by atoms with Gasteiger partial charge in [0.15, 0.2) is 0 Å². The van der Waals surface area contributed by atoms with Crippen molar-refractivity contribution in [3.8, 4) is 11.8 Å². The smallest absolute Gasteiger partial charge is 0.216 e. The van der Waals surface area contributed by atoms with Gasteiger partial charge in [-0.25, -0.2) is 8.42 Å².